The molecule has 0 N–H and O–H groups in total. The second-order valence-electron chi connectivity index (χ2n) is 5.99. The van der Waals surface area contributed by atoms with Crippen LogP contribution in [-0.2, 0) is 13.7 Å². The molecule has 5 heteroatoms. The molecule has 0 saturated heterocycles. The van der Waals surface area contributed by atoms with E-state index in [1.807, 2.05) is 85.8 Å². The normalized spacial score (nSPS) is 13.9. The van der Waals surface area contributed by atoms with E-state index in [2.05, 4.69) is 0 Å². The number of hydrogen-bond donors (Lipinski definition) is 0. The quantitative estimate of drug-likeness (QED) is 0.560. The van der Waals surface area contributed by atoms with Crippen molar-refractivity contribution in [2.75, 3.05) is 12.5 Å². The van der Waals surface area contributed by atoms with Crippen LogP contribution in [0.2, 0.25) is 0 Å². The van der Waals surface area contributed by atoms with Gasteiger partial charge in [-0.1, -0.05) is 85.8 Å². The van der Waals surface area contributed by atoms with Crippen LogP contribution in [0.5, 0.6) is 0 Å². The summed E-state index contributed by atoms with van der Waals surface area (Å²) < 4.78 is 33.2. The molecular formula is C21H22O3P2. The second-order valence-corrected chi connectivity index (χ2v) is 11.5. The third-order valence-electron chi connectivity index (χ3n) is 4.36. The summed E-state index contributed by atoms with van der Waals surface area (Å²) in [6.07, 6.45) is 0.279. The van der Waals surface area contributed by atoms with Gasteiger partial charge in [-0.15, -0.1) is 0 Å². The summed E-state index contributed by atoms with van der Waals surface area (Å²) in [6, 6.07) is 27.8. The van der Waals surface area contributed by atoms with Crippen LogP contribution < -0.4 is 15.9 Å². The van der Waals surface area contributed by atoms with Crippen LogP contribution in [0.4, 0.5) is 0 Å². The fourth-order valence-corrected chi connectivity index (χ4v) is 7.44. The molecule has 1 atom stereocenters. The SMILES string of the molecule is CCP(=O)(OCP(=O)(c1ccccc1)c1ccccc1)c1ccccc1. The van der Waals surface area contributed by atoms with Crippen LogP contribution in [0.15, 0.2) is 91.0 Å². The molecule has 1 unspecified atom stereocenters. The Labute approximate surface area is 154 Å². The molecule has 0 saturated carbocycles. The first-order valence-corrected chi connectivity index (χ1v) is 12.3. The maximum atomic E-state index is 14.0. The van der Waals surface area contributed by atoms with E-state index in [0.29, 0.717) is 22.1 Å². The van der Waals surface area contributed by atoms with Gasteiger partial charge in [-0.25, -0.2) is 0 Å². The van der Waals surface area contributed by atoms with Gasteiger partial charge in [0, 0.05) is 22.1 Å². The zero-order valence-corrected chi connectivity index (χ0v) is 16.5. The van der Waals surface area contributed by atoms with Gasteiger partial charge in [-0.05, 0) is 12.1 Å². The van der Waals surface area contributed by atoms with Crippen molar-refractivity contribution in [2.45, 2.75) is 6.92 Å². The zero-order chi connectivity index (χ0) is 18.5. The van der Waals surface area contributed by atoms with Crippen molar-refractivity contribution in [3.63, 3.8) is 0 Å². The lowest BCUT2D eigenvalue weighted by Gasteiger charge is -2.23. The van der Waals surface area contributed by atoms with Crippen LogP contribution in [0.3, 0.4) is 0 Å². The molecular weight excluding hydrogens is 362 g/mol. The van der Waals surface area contributed by atoms with E-state index < -0.39 is 14.5 Å². The van der Waals surface area contributed by atoms with Crippen LogP contribution >= 0.6 is 14.5 Å². The lowest BCUT2D eigenvalue weighted by molar-refractivity contribution is 0.376. The van der Waals surface area contributed by atoms with Crippen molar-refractivity contribution in [3.8, 4) is 0 Å². The molecule has 3 aromatic carbocycles. The van der Waals surface area contributed by atoms with Crippen molar-refractivity contribution in [2.24, 2.45) is 0 Å². The third-order valence-corrected chi connectivity index (χ3v) is 9.79. The van der Waals surface area contributed by atoms with E-state index in [9.17, 15) is 9.13 Å². The molecule has 0 aliphatic heterocycles. The standard InChI is InChI=1S/C21H22O3P2/c1-2-26(23,21-16-10-5-11-17-21)24-18-25(22,19-12-6-3-7-13-19)20-14-8-4-9-15-20/h3-17H,2,18H2,1H3. The molecule has 0 radical (unpaired) electrons. The fourth-order valence-electron chi connectivity index (χ4n) is 2.81. The summed E-state index contributed by atoms with van der Waals surface area (Å²) in [5.41, 5.74) is 0. The van der Waals surface area contributed by atoms with Gasteiger partial charge in [0.1, 0.15) is 6.35 Å². The minimum atomic E-state index is -3.06. The molecule has 3 rings (SSSR count). The van der Waals surface area contributed by atoms with Gasteiger partial charge < -0.3 is 9.09 Å². The largest absolute Gasteiger partial charge is 0.317 e. The number of hydrogen-bond acceptors (Lipinski definition) is 3. The Morgan fingerprint density at radius 1 is 0.654 bits per heavy atom. The summed E-state index contributed by atoms with van der Waals surface area (Å²) in [5, 5.41) is 2.08. The van der Waals surface area contributed by atoms with Crippen molar-refractivity contribution in [3.05, 3.63) is 91.0 Å². The maximum absolute atomic E-state index is 14.0. The molecule has 0 heterocycles. The maximum Gasteiger partial charge on any atom is 0.232 e. The summed E-state index contributed by atoms with van der Waals surface area (Å²) in [5.74, 6) is 0. The first-order chi connectivity index (χ1) is 12.6. The fraction of sp³-hybridized carbons (Fsp3) is 0.143. The summed E-state index contributed by atoms with van der Waals surface area (Å²) in [7, 11) is -6.11. The van der Waals surface area contributed by atoms with E-state index in [1.165, 1.54) is 0 Å². The van der Waals surface area contributed by atoms with Crippen LogP contribution in [-0.4, -0.2) is 12.5 Å². The van der Waals surface area contributed by atoms with Gasteiger partial charge in [-0.3, -0.25) is 4.57 Å². The minimum Gasteiger partial charge on any atom is -0.317 e. The van der Waals surface area contributed by atoms with Gasteiger partial charge in [-0.2, -0.15) is 0 Å². The van der Waals surface area contributed by atoms with E-state index >= 15 is 0 Å². The molecule has 0 spiro atoms. The van der Waals surface area contributed by atoms with Crippen molar-refractivity contribution >= 4 is 30.4 Å². The first kappa shape index (κ1) is 18.9. The van der Waals surface area contributed by atoms with Gasteiger partial charge in [0.15, 0.2) is 7.14 Å². The Kier molecular flexibility index (Phi) is 5.94. The van der Waals surface area contributed by atoms with Crippen molar-refractivity contribution in [1.29, 1.82) is 0 Å². The Balaban J connectivity index is 1.97. The molecule has 0 aliphatic carbocycles. The highest BCUT2D eigenvalue weighted by molar-refractivity contribution is 7.79. The van der Waals surface area contributed by atoms with Gasteiger partial charge in [0.05, 0.1) is 0 Å². The molecule has 0 bridgehead atoms. The van der Waals surface area contributed by atoms with Crippen LogP contribution in [0.1, 0.15) is 6.92 Å². The summed E-state index contributed by atoms with van der Waals surface area (Å²) in [4.78, 5) is 0. The predicted molar refractivity (Wildman–Crippen MR) is 110 cm³/mol. The van der Waals surface area contributed by atoms with Gasteiger partial charge in [0.2, 0.25) is 7.37 Å². The van der Waals surface area contributed by atoms with Crippen molar-refractivity contribution < 1.29 is 13.7 Å². The molecule has 3 aromatic rings. The average Bonchev–Trinajstić information content (AvgIpc) is 2.73. The average molecular weight is 384 g/mol. The van der Waals surface area contributed by atoms with Gasteiger partial charge >= 0.3 is 0 Å². The smallest absolute Gasteiger partial charge is 0.232 e. The second kappa shape index (κ2) is 8.18. The van der Waals surface area contributed by atoms with E-state index in [0.717, 1.165) is 0 Å². The Morgan fingerprint density at radius 2 is 1.04 bits per heavy atom. The zero-order valence-electron chi connectivity index (χ0n) is 14.7. The molecule has 0 amide bonds. The topological polar surface area (TPSA) is 43.4 Å². The number of benzene rings is 3. The minimum absolute atomic E-state index is 0.0823. The van der Waals surface area contributed by atoms with Crippen LogP contribution in [0.25, 0.3) is 0 Å². The van der Waals surface area contributed by atoms with E-state index in [1.54, 1.807) is 12.1 Å². The molecule has 0 aromatic heterocycles. The molecule has 134 valence electrons. The first-order valence-electron chi connectivity index (χ1n) is 8.58. The highest BCUT2D eigenvalue weighted by Gasteiger charge is 2.32. The molecule has 0 aliphatic rings. The van der Waals surface area contributed by atoms with Crippen molar-refractivity contribution in [1.82, 2.24) is 0 Å². The van der Waals surface area contributed by atoms with Crippen LogP contribution in [0, 0.1) is 0 Å². The number of rotatable bonds is 7. The third kappa shape index (κ3) is 3.91. The Hall–Kier alpha value is -1.92. The molecule has 3 nitrogen and oxygen atoms in total. The lowest BCUT2D eigenvalue weighted by atomic mass is 10.4. The Morgan fingerprint density at radius 3 is 1.42 bits per heavy atom. The molecule has 0 fully saturated rings. The highest BCUT2D eigenvalue weighted by atomic mass is 31.2. The summed E-state index contributed by atoms with van der Waals surface area (Å²) >= 11 is 0. The predicted octanol–water partition coefficient (Wildman–Crippen LogP) is 4.60. The van der Waals surface area contributed by atoms with E-state index in [4.69, 9.17) is 4.52 Å². The monoisotopic (exact) mass is 384 g/mol. The van der Waals surface area contributed by atoms with Gasteiger partial charge in [0.25, 0.3) is 0 Å². The highest BCUT2D eigenvalue weighted by Crippen LogP contribution is 2.52. The Bertz CT molecular complexity index is 882. The van der Waals surface area contributed by atoms with E-state index in [-0.39, 0.29) is 6.35 Å². The molecule has 26 heavy (non-hydrogen) atoms. The lowest BCUT2D eigenvalue weighted by Crippen LogP contribution is -2.20. The summed E-state index contributed by atoms with van der Waals surface area (Å²) in [6.45, 7) is 1.84.